The number of para-hydroxylation sites is 1. The first-order valence-corrected chi connectivity index (χ1v) is 7.57. The Labute approximate surface area is 135 Å². The molecule has 0 bridgehead atoms. The number of halogens is 3. The van der Waals surface area contributed by atoms with Crippen molar-refractivity contribution in [2.75, 3.05) is 0 Å². The number of hydrogen-bond donors (Lipinski definition) is 0. The Hall–Kier alpha value is -2.34. The summed E-state index contributed by atoms with van der Waals surface area (Å²) in [6, 6.07) is 14.2. The highest BCUT2D eigenvalue weighted by atomic mass is 32.1. The number of hydrogen-bond acceptors (Lipinski definition) is 3. The van der Waals surface area contributed by atoms with E-state index in [-0.39, 0.29) is 6.61 Å². The fourth-order valence-corrected chi connectivity index (χ4v) is 2.66. The second-order valence-corrected chi connectivity index (χ2v) is 5.54. The van der Waals surface area contributed by atoms with E-state index in [4.69, 9.17) is 4.74 Å². The fourth-order valence-electron chi connectivity index (χ4n) is 1.93. The Balaban J connectivity index is 1.69. The van der Waals surface area contributed by atoms with Gasteiger partial charge in [-0.15, -0.1) is 11.3 Å². The Bertz CT molecular complexity index is 767. The molecule has 2 nitrogen and oxygen atoms in total. The first kappa shape index (κ1) is 15.6. The van der Waals surface area contributed by atoms with E-state index in [2.05, 4.69) is 10.4 Å². The van der Waals surface area contributed by atoms with E-state index in [0.717, 1.165) is 17.9 Å². The third-order valence-electron chi connectivity index (χ3n) is 3.08. The third-order valence-corrected chi connectivity index (χ3v) is 3.94. The number of aromatic nitrogens is 1. The highest BCUT2D eigenvalue weighted by Gasteiger charge is 2.30. The summed E-state index contributed by atoms with van der Waals surface area (Å²) in [5.41, 5.74) is 0.577. The van der Waals surface area contributed by atoms with Crippen molar-refractivity contribution in [1.29, 1.82) is 0 Å². The van der Waals surface area contributed by atoms with Crippen LogP contribution in [0.4, 0.5) is 13.2 Å². The van der Waals surface area contributed by atoms with Crippen molar-refractivity contribution in [2.45, 2.75) is 12.8 Å². The number of thiazole rings is 1. The van der Waals surface area contributed by atoms with Crippen LogP contribution >= 0.6 is 11.3 Å². The predicted octanol–water partition coefficient (Wildman–Crippen LogP) is 5.21. The van der Waals surface area contributed by atoms with Crippen molar-refractivity contribution in [2.24, 2.45) is 0 Å². The highest BCUT2D eigenvalue weighted by Crippen LogP contribution is 2.31. The van der Waals surface area contributed by atoms with Crippen LogP contribution in [0.2, 0.25) is 0 Å². The standard InChI is InChI=1S/C17H11F3NOS/c18-17(19,20)13-8-6-12(7-9-13)16-21-14(11-23-16)10-22-15-4-2-1-3-5-15/h1-9H,10H2. The highest BCUT2D eigenvalue weighted by molar-refractivity contribution is 7.12. The molecule has 1 aromatic heterocycles. The SMILES string of the molecule is FC(F)(F)c1ccc(-c2nc(COc3ccccc3)[c]s2)cc1. The Morgan fingerprint density at radius 3 is 2.35 bits per heavy atom. The molecule has 1 heterocycles. The third kappa shape index (κ3) is 3.90. The minimum atomic E-state index is -4.33. The van der Waals surface area contributed by atoms with Crippen LogP contribution in [-0.2, 0) is 12.8 Å². The van der Waals surface area contributed by atoms with Crippen LogP contribution in [0.3, 0.4) is 0 Å². The summed E-state index contributed by atoms with van der Waals surface area (Å²) >= 11 is 1.25. The van der Waals surface area contributed by atoms with E-state index in [1.807, 2.05) is 30.3 Å². The molecular weight excluding hydrogens is 323 g/mol. The predicted molar refractivity (Wildman–Crippen MR) is 82.2 cm³/mol. The topological polar surface area (TPSA) is 22.1 Å². The summed E-state index contributed by atoms with van der Waals surface area (Å²) in [6.45, 7) is 0.265. The maximum Gasteiger partial charge on any atom is 0.416 e. The van der Waals surface area contributed by atoms with Gasteiger partial charge in [0.2, 0.25) is 0 Å². The van der Waals surface area contributed by atoms with E-state index in [9.17, 15) is 13.2 Å². The normalized spacial score (nSPS) is 11.4. The van der Waals surface area contributed by atoms with Crippen LogP contribution in [-0.4, -0.2) is 4.98 Å². The van der Waals surface area contributed by atoms with Gasteiger partial charge in [0.05, 0.1) is 16.6 Å². The maximum atomic E-state index is 12.6. The summed E-state index contributed by atoms with van der Waals surface area (Å²) in [7, 11) is 0. The molecule has 6 heteroatoms. The first-order valence-electron chi connectivity index (χ1n) is 6.75. The van der Waals surface area contributed by atoms with Gasteiger partial charge < -0.3 is 4.74 Å². The Morgan fingerprint density at radius 1 is 1.00 bits per heavy atom. The van der Waals surface area contributed by atoms with Crippen molar-refractivity contribution in [3.05, 3.63) is 71.2 Å². The van der Waals surface area contributed by atoms with Crippen molar-refractivity contribution >= 4 is 11.3 Å². The van der Waals surface area contributed by atoms with Crippen molar-refractivity contribution in [1.82, 2.24) is 4.98 Å². The van der Waals surface area contributed by atoms with Gasteiger partial charge in [0.1, 0.15) is 17.4 Å². The smallest absolute Gasteiger partial charge is 0.416 e. The van der Waals surface area contributed by atoms with E-state index in [1.165, 1.54) is 23.5 Å². The van der Waals surface area contributed by atoms with E-state index >= 15 is 0 Å². The fraction of sp³-hybridized carbons (Fsp3) is 0.118. The zero-order valence-corrected chi connectivity index (χ0v) is 12.6. The quantitative estimate of drug-likeness (QED) is 0.653. The maximum absolute atomic E-state index is 12.6. The average molecular weight is 334 g/mol. The molecule has 3 aromatic rings. The number of nitrogens with zero attached hydrogens (tertiary/aromatic N) is 1. The number of benzene rings is 2. The van der Waals surface area contributed by atoms with Gasteiger partial charge in [0.15, 0.2) is 0 Å². The summed E-state index contributed by atoms with van der Waals surface area (Å²) in [6.07, 6.45) is -4.33. The van der Waals surface area contributed by atoms with E-state index in [0.29, 0.717) is 16.3 Å². The lowest BCUT2D eigenvalue weighted by atomic mass is 10.1. The Kier molecular flexibility index (Phi) is 4.34. The molecule has 3 rings (SSSR count). The number of ether oxygens (including phenoxy) is 1. The van der Waals surface area contributed by atoms with Gasteiger partial charge in [-0.25, -0.2) is 4.98 Å². The van der Waals surface area contributed by atoms with Gasteiger partial charge in [-0.3, -0.25) is 0 Å². The molecule has 0 atom stereocenters. The first-order chi connectivity index (χ1) is 11.0. The number of rotatable bonds is 4. The molecule has 23 heavy (non-hydrogen) atoms. The molecule has 0 aliphatic rings. The van der Waals surface area contributed by atoms with Gasteiger partial charge in [-0.05, 0) is 24.3 Å². The van der Waals surface area contributed by atoms with Gasteiger partial charge in [-0.1, -0.05) is 30.3 Å². The molecule has 0 fully saturated rings. The molecule has 117 valence electrons. The molecule has 0 N–H and O–H groups in total. The summed E-state index contributed by atoms with van der Waals surface area (Å²) in [5.74, 6) is 0.727. The molecule has 0 aliphatic heterocycles. The van der Waals surface area contributed by atoms with Crippen LogP contribution in [0.1, 0.15) is 11.3 Å². The van der Waals surface area contributed by atoms with Crippen LogP contribution in [0.5, 0.6) is 5.75 Å². The van der Waals surface area contributed by atoms with E-state index in [1.54, 1.807) is 0 Å². The lowest BCUT2D eigenvalue weighted by Crippen LogP contribution is -2.03. The zero-order valence-electron chi connectivity index (χ0n) is 11.8. The van der Waals surface area contributed by atoms with E-state index < -0.39 is 11.7 Å². The van der Waals surface area contributed by atoms with Crippen molar-refractivity contribution in [3.63, 3.8) is 0 Å². The minimum absolute atomic E-state index is 0.265. The molecule has 2 aromatic carbocycles. The summed E-state index contributed by atoms with van der Waals surface area (Å²) < 4.78 is 43.2. The lowest BCUT2D eigenvalue weighted by Gasteiger charge is -2.06. The second kappa shape index (κ2) is 6.42. The van der Waals surface area contributed by atoms with Crippen LogP contribution in [0.15, 0.2) is 54.6 Å². The second-order valence-electron chi connectivity index (χ2n) is 4.74. The monoisotopic (exact) mass is 334 g/mol. The van der Waals surface area contributed by atoms with Gasteiger partial charge >= 0.3 is 6.18 Å². The summed E-state index contributed by atoms with van der Waals surface area (Å²) in [5, 5.41) is 3.62. The summed E-state index contributed by atoms with van der Waals surface area (Å²) in [4.78, 5) is 4.34. The van der Waals surface area contributed by atoms with Crippen LogP contribution in [0, 0.1) is 5.38 Å². The largest absolute Gasteiger partial charge is 0.487 e. The molecule has 1 radical (unpaired) electrons. The molecule has 0 unspecified atom stereocenters. The van der Waals surface area contributed by atoms with Crippen LogP contribution in [0.25, 0.3) is 10.6 Å². The zero-order chi connectivity index (χ0) is 16.3. The molecule has 0 amide bonds. The van der Waals surface area contributed by atoms with Gasteiger partial charge in [-0.2, -0.15) is 13.2 Å². The molecule has 0 saturated carbocycles. The molecule has 0 aliphatic carbocycles. The average Bonchev–Trinajstić information content (AvgIpc) is 3.02. The van der Waals surface area contributed by atoms with Crippen molar-refractivity contribution < 1.29 is 17.9 Å². The lowest BCUT2D eigenvalue weighted by molar-refractivity contribution is -0.137. The molecular formula is C17H11F3NOS. The number of alkyl halides is 3. The Morgan fingerprint density at radius 2 is 1.70 bits per heavy atom. The van der Waals surface area contributed by atoms with Crippen molar-refractivity contribution in [3.8, 4) is 16.3 Å². The minimum Gasteiger partial charge on any atom is -0.487 e. The van der Waals surface area contributed by atoms with Gasteiger partial charge in [0, 0.05) is 5.56 Å². The van der Waals surface area contributed by atoms with Gasteiger partial charge in [0.25, 0.3) is 0 Å². The van der Waals surface area contributed by atoms with Crippen LogP contribution < -0.4 is 4.74 Å². The molecule has 0 saturated heterocycles. The molecule has 0 spiro atoms.